The Morgan fingerprint density at radius 3 is 2.50 bits per heavy atom. The quantitative estimate of drug-likeness (QED) is 0.488. The minimum absolute atomic E-state index is 0.124. The zero-order valence-electron chi connectivity index (χ0n) is 9.48. The van der Waals surface area contributed by atoms with E-state index in [1.807, 2.05) is 0 Å². The lowest BCUT2D eigenvalue weighted by atomic mass is 10.1. The fraction of sp³-hybridized carbons (Fsp3) is 0.538. The topological polar surface area (TPSA) is 0 Å². The molecule has 0 nitrogen and oxygen atoms in total. The summed E-state index contributed by atoms with van der Waals surface area (Å²) in [7, 11) is 0. The van der Waals surface area contributed by atoms with E-state index in [4.69, 9.17) is 0 Å². The summed E-state index contributed by atoms with van der Waals surface area (Å²) in [5.41, 5.74) is 0.815. The Morgan fingerprint density at radius 2 is 1.88 bits per heavy atom. The zero-order chi connectivity index (χ0) is 12.0. The van der Waals surface area contributed by atoms with Crippen LogP contribution in [0.1, 0.15) is 49.4 Å². The van der Waals surface area contributed by atoms with E-state index in [9.17, 15) is 8.78 Å². The smallest absolute Gasteiger partial charge is 0.159 e. The van der Waals surface area contributed by atoms with Crippen molar-refractivity contribution in [2.75, 3.05) is 0 Å². The van der Waals surface area contributed by atoms with E-state index in [-0.39, 0.29) is 4.83 Å². The van der Waals surface area contributed by atoms with Gasteiger partial charge in [0.1, 0.15) is 0 Å². The van der Waals surface area contributed by atoms with Gasteiger partial charge in [0.25, 0.3) is 0 Å². The van der Waals surface area contributed by atoms with Crippen LogP contribution < -0.4 is 0 Å². The highest BCUT2D eigenvalue weighted by Crippen LogP contribution is 2.29. The van der Waals surface area contributed by atoms with Gasteiger partial charge in [0.2, 0.25) is 0 Å². The van der Waals surface area contributed by atoms with Gasteiger partial charge in [-0.05, 0) is 24.1 Å². The number of hydrogen-bond acceptors (Lipinski definition) is 0. The lowest BCUT2D eigenvalue weighted by molar-refractivity contribution is 0.506. The summed E-state index contributed by atoms with van der Waals surface area (Å²) in [6.07, 6.45) is 5.71. The summed E-state index contributed by atoms with van der Waals surface area (Å²) in [5, 5.41) is 0. The molecule has 1 aromatic rings. The minimum Gasteiger partial charge on any atom is -0.204 e. The zero-order valence-corrected chi connectivity index (χ0v) is 11.1. The molecule has 0 aliphatic carbocycles. The van der Waals surface area contributed by atoms with Crippen LogP contribution in [0.2, 0.25) is 0 Å². The standard InChI is InChI=1S/C13H17BrF2/c1-2-3-4-5-6-11(14)10-7-8-12(15)13(16)9-10/h7-9,11H,2-6H2,1H3. The molecule has 0 fully saturated rings. The monoisotopic (exact) mass is 290 g/mol. The summed E-state index contributed by atoms with van der Waals surface area (Å²) >= 11 is 3.51. The fourth-order valence-corrected chi connectivity index (χ4v) is 2.23. The third-order valence-corrected chi connectivity index (χ3v) is 3.60. The van der Waals surface area contributed by atoms with Crippen LogP contribution in [0.3, 0.4) is 0 Å². The Balaban J connectivity index is 2.46. The fourth-order valence-electron chi connectivity index (χ4n) is 1.62. The van der Waals surface area contributed by atoms with Crippen molar-refractivity contribution in [1.82, 2.24) is 0 Å². The highest BCUT2D eigenvalue weighted by Gasteiger charge is 2.10. The van der Waals surface area contributed by atoms with Crippen LogP contribution in [0.4, 0.5) is 8.78 Å². The Labute approximate surface area is 104 Å². The Bertz CT molecular complexity index is 326. The van der Waals surface area contributed by atoms with Crippen molar-refractivity contribution in [1.29, 1.82) is 0 Å². The maximum atomic E-state index is 13.0. The highest BCUT2D eigenvalue weighted by atomic mass is 79.9. The minimum atomic E-state index is -0.783. The van der Waals surface area contributed by atoms with Gasteiger partial charge in [-0.2, -0.15) is 0 Å². The maximum absolute atomic E-state index is 13.0. The van der Waals surface area contributed by atoms with Crippen LogP contribution in [-0.2, 0) is 0 Å². The molecule has 16 heavy (non-hydrogen) atoms. The number of hydrogen-bond donors (Lipinski definition) is 0. The molecule has 0 N–H and O–H groups in total. The second-order valence-electron chi connectivity index (χ2n) is 3.99. The SMILES string of the molecule is CCCCCCC(Br)c1ccc(F)c(F)c1. The van der Waals surface area contributed by atoms with Gasteiger partial charge in [-0.1, -0.05) is 54.6 Å². The van der Waals surface area contributed by atoms with Crippen molar-refractivity contribution in [3.05, 3.63) is 35.4 Å². The third-order valence-electron chi connectivity index (χ3n) is 2.62. The largest absolute Gasteiger partial charge is 0.204 e. The van der Waals surface area contributed by atoms with Crippen LogP contribution in [-0.4, -0.2) is 0 Å². The molecule has 0 heterocycles. The predicted molar refractivity (Wildman–Crippen MR) is 66.8 cm³/mol. The van der Waals surface area contributed by atoms with Crippen LogP contribution in [0.15, 0.2) is 18.2 Å². The molecule has 1 rings (SSSR count). The summed E-state index contributed by atoms with van der Waals surface area (Å²) in [5.74, 6) is -1.55. The second-order valence-corrected chi connectivity index (χ2v) is 5.10. The van der Waals surface area contributed by atoms with Gasteiger partial charge in [-0.25, -0.2) is 8.78 Å². The van der Waals surface area contributed by atoms with Crippen molar-refractivity contribution < 1.29 is 8.78 Å². The average molecular weight is 291 g/mol. The van der Waals surface area contributed by atoms with Gasteiger partial charge in [0.15, 0.2) is 11.6 Å². The molecule has 0 radical (unpaired) electrons. The van der Waals surface area contributed by atoms with E-state index in [1.165, 1.54) is 31.4 Å². The lowest BCUT2D eigenvalue weighted by Crippen LogP contribution is -1.93. The number of unbranched alkanes of at least 4 members (excludes halogenated alkanes) is 3. The summed E-state index contributed by atoms with van der Waals surface area (Å²) in [6.45, 7) is 2.17. The molecule has 3 heteroatoms. The van der Waals surface area contributed by atoms with Crippen molar-refractivity contribution in [2.45, 2.75) is 43.9 Å². The number of benzene rings is 1. The number of alkyl halides is 1. The molecule has 0 aromatic heterocycles. The van der Waals surface area contributed by atoms with Crippen molar-refractivity contribution >= 4 is 15.9 Å². The average Bonchev–Trinajstić information content (AvgIpc) is 2.28. The van der Waals surface area contributed by atoms with Crippen LogP contribution >= 0.6 is 15.9 Å². The van der Waals surface area contributed by atoms with Crippen LogP contribution in [0.5, 0.6) is 0 Å². The van der Waals surface area contributed by atoms with E-state index < -0.39 is 11.6 Å². The summed E-state index contributed by atoms with van der Waals surface area (Å²) < 4.78 is 25.7. The van der Waals surface area contributed by atoms with Crippen molar-refractivity contribution in [2.24, 2.45) is 0 Å². The number of halogens is 3. The van der Waals surface area contributed by atoms with Crippen LogP contribution in [0.25, 0.3) is 0 Å². The molecule has 0 spiro atoms. The number of rotatable bonds is 6. The van der Waals surface area contributed by atoms with Crippen molar-refractivity contribution in [3.63, 3.8) is 0 Å². The molecule has 0 aliphatic rings. The van der Waals surface area contributed by atoms with E-state index in [0.717, 1.165) is 18.4 Å². The first-order chi connectivity index (χ1) is 7.65. The summed E-state index contributed by atoms with van der Waals surface area (Å²) in [4.78, 5) is 0.124. The summed E-state index contributed by atoms with van der Waals surface area (Å²) in [6, 6.07) is 4.09. The first-order valence-electron chi connectivity index (χ1n) is 5.74. The van der Waals surface area contributed by atoms with Gasteiger partial charge in [0.05, 0.1) is 0 Å². The molecular weight excluding hydrogens is 274 g/mol. The molecule has 1 aromatic carbocycles. The highest BCUT2D eigenvalue weighted by molar-refractivity contribution is 9.09. The van der Waals surface area contributed by atoms with Gasteiger partial charge < -0.3 is 0 Å². The third kappa shape index (κ3) is 4.20. The van der Waals surface area contributed by atoms with E-state index >= 15 is 0 Å². The molecule has 1 atom stereocenters. The predicted octanol–water partition coefficient (Wildman–Crippen LogP) is 5.37. The molecule has 0 saturated carbocycles. The molecule has 0 amide bonds. The molecule has 90 valence electrons. The first kappa shape index (κ1) is 13.6. The van der Waals surface area contributed by atoms with Gasteiger partial charge in [0, 0.05) is 4.83 Å². The molecule has 1 unspecified atom stereocenters. The Kier molecular flexibility index (Phi) is 5.96. The van der Waals surface area contributed by atoms with E-state index in [0.29, 0.717) is 0 Å². The lowest BCUT2D eigenvalue weighted by Gasteiger charge is -2.10. The maximum Gasteiger partial charge on any atom is 0.159 e. The molecule has 0 saturated heterocycles. The van der Waals surface area contributed by atoms with Gasteiger partial charge in [-0.15, -0.1) is 0 Å². The first-order valence-corrected chi connectivity index (χ1v) is 6.65. The molecular formula is C13H17BrF2. The Morgan fingerprint density at radius 1 is 1.12 bits per heavy atom. The van der Waals surface area contributed by atoms with Crippen LogP contribution in [0, 0.1) is 11.6 Å². The normalized spacial score (nSPS) is 12.8. The van der Waals surface area contributed by atoms with E-state index in [2.05, 4.69) is 22.9 Å². The van der Waals surface area contributed by atoms with Crippen molar-refractivity contribution in [3.8, 4) is 0 Å². The second kappa shape index (κ2) is 7.00. The molecule has 0 bridgehead atoms. The van der Waals surface area contributed by atoms with E-state index in [1.54, 1.807) is 6.07 Å². The Hall–Kier alpha value is -0.440. The molecule has 0 aliphatic heterocycles. The van der Waals surface area contributed by atoms with Gasteiger partial charge >= 0.3 is 0 Å². The van der Waals surface area contributed by atoms with Gasteiger partial charge in [-0.3, -0.25) is 0 Å².